The molecule has 1 heterocycles. The largest absolute Gasteiger partial charge is 0.352 e. The molecule has 0 spiro atoms. The minimum Gasteiger partial charge on any atom is -0.352 e. The summed E-state index contributed by atoms with van der Waals surface area (Å²) in [4.78, 5) is 14.7. The van der Waals surface area contributed by atoms with E-state index in [2.05, 4.69) is 17.1 Å². The van der Waals surface area contributed by atoms with E-state index in [4.69, 9.17) is 5.73 Å². The minimum atomic E-state index is -0.0153. The standard InChI is InChI=1S/C16H31N3O/c1-12(17)14-7-6-10-19(11-14)13(2)16(20)18-15-8-4-3-5-9-15/h12-15H,3-11,17H2,1-2H3,(H,18,20). The third kappa shape index (κ3) is 4.19. The lowest BCUT2D eigenvalue weighted by atomic mass is 9.91. The molecule has 1 amide bonds. The van der Waals surface area contributed by atoms with Gasteiger partial charge < -0.3 is 11.1 Å². The van der Waals surface area contributed by atoms with Crippen molar-refractivity contribution in [1.29, 1.82) is 0 Å². The fraction of sp³-hybridized carbons (Fsp3) is 0.938. The molecule has 3 N–H and O–H groups in total. The van der Waals surface area contributed by atoms with Crippen LogP contribution in [0.25, 0.3) is 0 Å². The summed E-state index contributed by atoms with van der Waals surface area (Å²) in [5.41, 5.74) is 6.03. The van der Waals surface area contributed by atoms with E-state index in [1.807, 2.05) is 6.92 Å². The van der Waals surface area contributed by atoms with E-state index < -0.39 is 0 Å². The molecule has 2 fully saturated rings. The molecule has 0 aromatic carbocycles. The van der Waals surface area contributed by atoms with Crippen molar-refractivity contribution in [1.82, 2.24) is 10.2 Å². The van der Waals surface area contributed by atoms with Gasteiger partial charge in [-0.05, 0) is 52.0 Å². The van der Waals surface area contributed by atoms with Crippen LogP contribution in [-0.4, -0.2) is 42.0 Å². The smallest absolute Gasteiger partial charge is 0.237 e. The van der Waals surface area contributed by atoms with Gasteiger partial charge in [-0.25, -0.2) is 0 Å². The lowest BCUT2D eigenvalue weighted by Crippen LogP contribution is -2.53. The van der Waals surface area contributed by atoms with Gasteiger partial charge in [0, 0.05) is 18.6 Å². The third-order valence-electron chi connectivity index (χ3n) is 5.11. The van der Waals surface area contributed by atoms with Gasteiger partial charge >= 0.3 is 0 Å². The molecule has 1 aliphatic carbocycles. The Bertz CT molecular complexity index is 313. The van der Waals surface area contributed by atoms with Crippen LogP contribution in [0.15, 0.2) is 0 Å². The molecule has 4 heteroatoms. The average Bonchev–Trinajstić information content (AvgIpc) is 2.47. The van der Waals surface area contributed by atoms with E-state index in [0.717, 1.165) is 32.4 Å². The number of hydrogen-bond donors (Lipinski definition) is 2. The Morgan fingerprint density at radius 1 is 1.15 bits per heavy atom. The van der Waals surface area contributed by atoms with Gasteiger partial charge in [-0.2, -0.15) is 0 Å². The summed E-state index contributed by atoms with van der Waals surface area (Å²) in [6.07, 6.45) is 8.51. The Hall–Kier alpha value is -0.610. The van der Waals surface area contributed by atoms with Crippen molar-refractivity contribution in [2.45, 2.75) is 76.9 Å². The summed E-state index contributed by atoms with van der Waals surface area (Å²) in [7, 11) is 0. The Labute approximate surface area is 123 Å². The minimum absolute atomic E-state index is 0.0153. The molecule has 2 aliphatic rings. The average molecular weight is 281 g/mol. The maximum absolute atomic E-state index is 12.4. The summed E-state index contributed by atoms with van der Waals surface area (Å²) in [6.45, 7) is 6.13. The number of nitrogens with two attached hydrogens (primary N) is 1. The Morgan fingerprint density at radius 3 is 2.50 bits per heavy atom. The second-order valence-electron chi connectivity index (χ2n) is 6.78. The zero-order valence-corrected chi connectivity index (χ0v) is 13.1. The number of carbonyl (C=O) groups excluding carboxylic acids is 1. The van der Waals surface area contributed by atoms with Gasteiger partial charge in [0.15, 0.2) is 0 Å². The van der Waals surface area contributed by atoms with Crippen molar-refractivity contribution in [3.05, 3.63) is 0 Å². The topological polar surface area (TPSA) is 58.4 Å². The first-order valence-corrected chi connectivity index (χ1v) is 8.38. The van der Waals surface area contributed by atoms with Crippen LogP contribution < -0.4 is 11.1 Å². The third-order valence-corrected chi connectivity index (χ3v) is 5.11. The second-order valence-corrected chi connectivity index (χ2v) is 6.78. The van der Waals surface area contributed by atoms with Crippen LogP contribution in [0.2, 0.25) is 0 Å². The molecule has 1 aliphatic heterocycles. The van der Waals surface area contributed by atoms with Crippen LogP contribution in [0.3, 0.4) is 0 Å². The van der Waals surface area contributed by atoms with Crippen LogP contribution in [0.1, 0.15) is 58.8 Å². The zero-order chi connectivity index (χ0) is 14.5. The quantitative estimate of drug-likeness (QED) is 0.827. The van der Waals surface area contributed by atoms with Crippen LogP contribution >= 0.6 is 0 Å². The molecule has 116 valence electrons. The van der Waals surface area contributed by atoms with Crippen LogP contribution in [0.4, 0.5) is 0 Å². The molecule has 0 radical (unpaired) electrons. The van der Waals surface area contributed by atoms with Crippen molar-refractivity contribution in [3.63, 3.8) is 0 Å². The molecular weight excluding hydrogens is 250 g/mol. The maximum Gasteiger partial charge on any atom is 0.237 e. The molecule has 3 unspecified atom stereocenters. The number of likely N-dealkylation sites (tertiary alicyclic amines) is 1. The van der Waals surface area contributed by atoms with E-state index in [1.165, 1.54) is 25.7 Å². The first-order chi connectivity index (χ1) is 9.58. The number of amides is 1. The summed E-state index contributed by atoms with van der Waals surface area (Å²) in [5.74, 6) is 0.746. The van der Waals surface area contributed by atoms with E-state index in [1.54, 1.807) is 0 Å². The van der Waals surface area contributed by atoms with Gasteiger partial charge in [0.25, 0.3) is 0 Å². The molecule has 1 saturated heterocycles. The monoisotopic (exact) mass is 281 g/mol. The van der Waals surface area contributed by atoms with Crippen molar-refractivity contribution < 1.29 is 4.79 Å². The molecule has 0 aromatic rings. The molecule has 1 saturated carbocycles. The summed E-state index contributed by atoms with van der Waals surface area (Å²) in [6, 6.07) is 0.623. The van der Waals surface area contributed by atoms with Crippen molar-refractivity contribution in [2.24, 2.45) is 11.7 Å². The summed E-state index contributed by atoms with van der Waals surface area (Å²) in [5, 5.41) is 3.25. The Balaban J connectivity index is 1.82. The van der Waals surface area contributed by atoms with Crippen molar-refractivity contribution >= 4 is 5.91 Å². The van der Waals surface area contributed by atoms with Gasteiger partial charge in [0.05, 0.1) is 6.04 Å². The highest BCUT2D eigenvalue weighted by atomic mass is 16.2. The highest BCUT2D eigenvalue weighted by Crippen LogP contribution is 2.21. The number of nitrogens with zero attached hydrogens (tertiary/aromatic N) is 1. The highest BCUT2D eigenvalue weighted by Gasteiger charge is 2.29. The van der Waals surface area contributed by atoms with E-state index >= 15 is 0 Å². The lowest BCUT2D eigenvalue weighted by molar-refractivity contribution is -0.127. The number of carbonyl (C=O) groups is 1. The second kappa shape index (κ2) is 7.41. The molecule has 4 nitrogen and oxygen atoms in total. The van der Waals surface area contributed by atoms with Crippen LogP contribution in [-0.2, 0) is 4.79 Å². The predicted molar refractivity (Wildman–Crippen MR) is 82.4 cm³/mol. The maximum atomic E-state index is 12.4. The van der Waals surface area contributed by atoms with Gasteiger partial charge in [0.2, 0.25) is 5.91 Å². The van der Waals surface area contributed by atoms with Gasteiger partial charge in [-0.1, -0.05) is 19.3 Å². The normalized spacial score (nSPS) is 28.9. The van der Waals surface area contributed by atoms with E-state index in [0.29, 0.717) is 12.0 Å². The van der Waals surface area contributed by atoms with E-state index in [-0.39, 0.29) is 18.0 Å². The number of nitrogens with one attached hydrogen (secondary N) is 1. The van der Waals surface area contributed by atoms with Gasteiger partial charge in [0.1, 0.15) is 0 Å². The molecule has 0 bridgehead atoms. The zero-order valence-electron chi connectivity index (χ0n) is 13.1. The van der Waals surface area contributed by atoms with Gasteiger partial charge in [-0.3, -0.25) is 9.69 Å². The molecule has 3 atom stereocenters. The fourth-order valence-corrected chi connectivity index (χ4v) is 3.56. The SMILES string of the molecule is CC(N)C1CCCN(C(C)C(=O)NC2CCCCC2)C1. The first-order valence-electron chi connectivity index (χ1n) is 8.38. The number of hydrogen-bond acceptors (Lipinski definition) is 3. The van der Waals surface area contributed by atoms with Crippen LogP contribution in [0.5, 0.6) is 0 Å². The fourth-order valence-electron chi connectivity index (χ4n) is 3.56. The summed E-state index contributed by atoms with van der Waals surface area (Å²) >= 11 is 0. The molecular formula is C16H31N3O. The summed E-state index contributed by atoms with van der Waals surface area (Å²) < 4.78 is 0. The number of piperidine rings is 1. The molecule has 2 rings (SSSR count). The van der Waals surface area contributed by atoms with Gasteiger partial charge in [-0.15, -0.1) is 0 Å². The number of rotatable bonds is 4. The highest BCUT2D eigenvalue weighted by molar-refractivity contribution is 5.81. The predicted octanol–water partition coefficient (Wildman–Crippen LogP) is 1.88. The Morgan fingerprint density at radius 2 is 1.85 bits per heavy atom. The first kappa shape index (κ1) is 15.8. The van der Waals surface area contributed by atoms with Crippen molar-refractivity contribution in [2.75, 3.05) is 13.1 Å². The lowest BCUT2D eigenvalue weighted by Gasteiger charge is -2.38. The Kier molecular flexibility index (Phi) is 5.85. The molecule has 20 heavy (non-hydrogen) atoms. The van der Waals surface area contributed by atoms with E-state index in [9.17, 15) is 4.79 Å². The van der Waals surface area contributed by atoms with Crippen LogP contribution in [0, 0.1) is 5.92 Å². The molecule has 0 aromatic heterocycles. The van der Waals surface area contributed by atoms with Crippen molar-refractivity contribution in [3.8, 4) is 0 Å².